The lowest BCUT2D eigenvalue weighted by atomic mass is 9.72. The maximum atomic E-state index is 12.3. The summed E-state index contributed by atoms with van der Waals surface area (Å²) in [5, 5.41) is 19.8. The van der Waals surface area contributed by atoms with Crippen LogP contribution in [0.1, 0.15) is 31.9 Å². The highest BCUT2D eigenvalue weighted by Gasteiger charge is 2.48. The zero-order valence-electron chi connectivity index (χ0n) is 12.7. The van der Waals surface area contributed by atoms with Gasteiger partial charge < -0.3 is 15.1 Å². The summed E-state index contributed by atoms with van der Waals surface area (Å²) in [6.45, 7) is 2.32. The van der Waals surface area contributed by atoms with Gasteiger partial charge in [-0.2, -0.15) is 0 Å². The van der Waals surface area contributed by atoms with E-state index in [1.165, 1.54) is 4.90 Å². The number of carbonyl (C=O) groups is 2. The molecule has 0 aromatic carbocycles. The number of nitrogens with zero attached hydrogens (tertiary/aromatic N) is 2. The summed E-state index contributed by atoms with van der Waals surface area (Å²) in [6.07, 6.45) is 2.15. The number of pyridine rings is 1. The molecule has 1 amide bonds. The number of aromatic nitrogens is 1. The predicted octanol–water partition coefficient (Wildman–Crippen LogP) is 1.09. The first-order valence-electron chi connectivity index (χ1n) is 7.58. The summed E-state index contributed by atoms with van der Waals surface area (Å²) in [5.74, 6) is -1.10. The monoisotopic (exact) mass is 306 g/mol. The minimum Gasteiger partial charge on any atom is -0.481 e. The normalized spacial score (nSPS) is 25.0. The summed E-state index contributed by atoms with van der Waals surface area (Å²) < 4.78 is 0. The van der Waals surface area contributed by atoms with Crippen LogP contribution in [0.5, 0.6) is 0 Å². The van der Waals surface area contributed by atoms with E-state index in [0.29, 0.717) is 25.1 Å². The van der Waals surface area contributed by atoms with Crippen LogP contribution < -0.4 is 0 Å². The first-order valence-corrected chi connectivity index (χ1v) is 7.58. The fraction of sp³-hybridized carbons (Fsp3) is 0.562. The summed E-state index contributed by atoms with van der Waals surface area (Å²) in [4.78, 5) is 29.5. The molecule has 1 aliphatic heterocycles. The lowest BCUT2D eigenvalue weighted by Gasteiger charge is -2.42. The summed E-state index contributed by atoms with van der Waals surface area (Å²) in [7, 11) is 0. The number of hydrogen-bond acceptors (Lipinski definition) is 4. The second-order valence-electron chi connectivity index (χ2n) is 5.81. The maximum absolute atomic E-state index is 12.3. The van der Waals surface area contributed by atoms with Crippen molar-refractivity contribution >= 4 is 11.9 Å². The number of piperidine rings is 1. The number of hydrogen-bond donors (Lipinski definition) is 2. The highest BCUT2D eigenvalue weighted by atomic mass is 16.4. The predicted molar refractivity (Wildman–Crippen MR) is 80.1 cm³/mol. The molecule has 1 fully saturated rings. The molecular formula is C16H22N2O4. The van der Waals surface area contributed by atoms with Gasteiger partial charge in [-0.25, -0.2) is 0 Å². The number of β-amino-alcohol motifs (C(OH)–C–C–N with tert-alkyl or cyclic N) is 1. The minimum atomic E-state index is -1.13. The molecule has 0 bridgehead atoms. The van der Waals surface area contributed by atoms with Gasteiger partial charge in [-0.15, -0.1) is 0 Å². The van der Waals surface area contributed by atoms with Gasteiger partial charge in [-0.3, -0.25) is 14.6 Å². The molecule has 2 N–H and O–H groups in total. The van der Waals surface area contributed by atoms with Crippen LogP contribution >= 0.6 is 0 Å². The van der Waals surface area contributed by atoms with E-state index in [1.54, 1.807) is 18.3 Å². The third kappa shape index (κ3) is 3.27. The van der Waals surface area contributed by atoms with Crippen molar-refractivity contribution in [3.05, 3.63) is 30.1 Å². The third-order valence-electron chi connectivity index (χ3n) is 4.39. The Labute approximate surface area is 129 Å². The number of carboxylic acid groups (broad SMARTS) is 1. The molecule has 2 heterocycles. The van der Waals surface area contributed by atoms with Crippen molar-refractivity contribution in [1.82, 2.24) is 9.88 Å². The molecule has 1 aliphatic rings. The number of aliphatic hydroxyl groups is 1. The molecule has 0 aliphatic carbocycles. The lowest BCUT2D eigenvalue weighted by Crippen LogP contribution is -2.56. The van der Waals surface area contributed by atoms with Crippen molar-refractivity contribution in [2.45, 2.75) is 38.7 Å². The van der Waals surface area contributed by atoms with Crippen LogP contribution in [-0.4, -0.2) is 51.2 Å². The van der Waals surface area contributed by atoms with Crippen molar-refractivity contribution in [2.24, 2.45) is 5.41 Å². The Kier molecular flexibility index (Phi) is 5.13. The Bertz CT molecular complexity index is 534. The van der Waals surface area contributed by atoms with Gasteiger partial charge in [-0.05, 0) is 25.0 Å². The second kappa shape index (κ2) is 6.87. The quantitative estimate of drug-likeness (QED) is 0.849. The number of carboxylic acids is 1. The minimum absolute atomic E-state index is 0.0674. The molecule has 0 spiro atoms. The lowest BCUT2D eigenvalue weighted by molar-refractivity contribution is -0.167. The number of amides is 1. The average molecular weight is 306 g/mol. The SMILES string of the molecule is CCC[C@]1(C(=O)O)CCN(C(=O)Cc2ccccn2)C[C@@H]1O. The van der Waals surface area contributed by atoms with Crippen LogP contribution in [0.25, 0.3) is 0 Å². The fourth-order valence-corrected chi connectivity index (χ4v) is 3.07. The average Bonchev–Trinajstić information content (AvgIpc) is 2.50. The standard InChI is InChI=1S/C16H22N2O4/c1-2-6-16(15(21)22)7-9-18(11-13(16)19)14(20)10-12-5-3-4-8-17-12/h3-5,8,13,19H,2,6-7,9-11H2,1H3,(H,21,22)/t13-,16-/m0/s1. The Morgan fingerprint density at radius 1 is 1.45 bits per heavy atom. The van der Waals surface area contributed by atoms with E-state index in [4.69, 9.17) is 0 Å². The van der Waals surface area contributed by atoms with Crippen molar-refractivity contribution in [1.29, 1.82) is 0 Å². The van der Waals surface area contributed by atoms with Crippen LogP contribution in [0.4, 0.5) is 0 Å². The smallest absolute Gasteiger partial charge is 0.312 e. The van der Waals surface area contributed by atoms with E-state index in [-0.39, 0.29) is 25.3 Å². The summed E-state index contributed by atoms with van der Waals surface area (Å²) >= 11 is 0. The summed E-state index contributed by atoms with van der Waals surface area (Å²) in [5.41, 5.74) is -0.457. The molecule has 6 nitrogen and oxygen atoms in total. The van der Waals surface area contributed by atoms with Crippen LogP contribution in [0, 0.1) is 5.41 Å². The molecular weight excluding hydrogens is 284 g/mol. The van der Waals surface area contributed by atoms with Crippen molar-refractivity contribution in [3.63, 3.8) is 0 Å². The van der Waals surface area contributed by atoms with E-state index in [1.807, 2.05) is 13.0 Å². The molecule has 6 heteroatoms. The number of aliphatic carboxylic acids is 1. The van der Waals surface area contributed by atoms with E-state index in [9.17, 15) is 19.8 Å². The Morgan fingerprint density at radius 3 is 2.77 bits per heavy atom. The van der Waals surface area contributed by atoms with Crippen LogP contribution in [0.3, 0.4) is 0 Å². The third-order valence-corrected chi connectivity index (χ3v) is 4.39. The molecule has 1 saturated heterocycles. The number of likely N-dealkylation sites (tertiary alicyclic amines) is 1. The van der Waals surface area contributed by atoms with Gasteiger partial charge in [-0.1, -0.05) is 19.4 Å². The molecule has 2 atom stereocenters. The summed E-state index contributed by atoms with van der Waals surface area (Å²) in [6, 6.07) is 5.37. The zero-order chi connectivity index (χ0) is 16.2. The van der Waals surface area contributed by atoms with Crippen molar-refractivity contribution in [2.75, 3.05) is 13.1 Å². The van der Waals surface area contributed by atoms with Crippen molar-refractivity contribution in [3.8, 4) is 0 Å². The molecule has 0 unspecified atom stereocenters. The Balaban J connectivity index is 2.03. The van der Waals surface area contributed by atoms with Gasteiger partial charge in [0.05, 0.1) is 17.9 Å². The second-order valence-corrected chi connectivity index (χ2v) is 5.81. The van der Waals surface area contributed by atoms with E-state index in [0.717, 1.165) is 0 Å². The molecule has 1 aromatic rings. The van der Waals surface area contributed by atoms with Gasteiger partial charge in [0.25, 0.3) is 0 Å². The largest absolute Gasteiger partial charge is 0.481 e. The molecule has 22 heavy (non-hydrogen) atoms. The zero-order valence-corrected chi connectivity index (χ0v) is 12.7. The van der Waals surface area contributed by atoms with Crippen molar-refractivity contribution < 1.29 is 19.8 Å². The Morgan fingerprint density at radius 2 is 2.23 bits per heavy atom. The van der Waals surface area contributed by atoms with Gasteiger partial charge in [0.2, 0.25) is 5.91 Å². The van der Waals surface area contributed by atoms with E-state index < -0.39 is 17.5 Å². The first kappa shape index (κ1) is 16.4. The van der Waals surface area contributed by atoms with Crippen LogP contribution in [0.2, 0.25) is 0 Å². The van der Waals surface area contributed by atoms with Gasteiger partial charge >= 0.3 is 5.97 Å². The van der Waals surface area contributed by atoms with Gasteiger partial charge in [0.15, 0.2) is 0 Å². The van der Waals surface area contributed by atoms with Gasteiger partial charge in [0.1, 0.15) is 0 Å². The first-order chi connectivity index (χ1) is 10.5. The molecule has 120 valence electrons. The number of carbonyl (C=O) groups excluding carboxylic acids is 1. The fourth-order valence-electron chi connectivity index (χ4n) is 3.07. The van der Waals surface area contributed by atoms with Gasteiger partial charge in [0, 0.05) is 25.0 Å². The molecule has 2 rings (SSSR count). The number of rotatable bonds is 5. The topological polar surface area (TPSA) is 90.7 Å². The van der Waals surface area contributed by atoms with E-state index in [2.05, 4.69) is 4.98 Å². The maximum Gasteiger partial charge on any atom is 0.312 e. The number of aliphatic hydroxyl groups excluding tert-OH is 1. The molecule has 1 aromatic heterocycles. The highest BCUT2D eigenvalue weighted by molar-refractivity contribution is 5.80. The van der Waals surface area contributed by atoms with Crippen LogP contribution in [0.15, 0.2) is 24.4 Å². The highest BCUT2D eigenvalue weighted by Crippen LogP contribution is 2.37. The van der Waals surface area contributed by atoms with Crippen LogP contribution in [-0.2, 0) is 16.0 Å². The molecule has 0 saturated carbocycles. The Hall–Kier alpha value is -1.95. The van der Waals surface area contributed by atoms with E-state index >= 15 is 0 Å². The molecule has 0 radical (unpaired) electrons.